The Kier molecular flexibility index (Phi) is 5.59. The van der Waals surface area contributed by atoms with Crippen LogP contribution in [0, 0.1) is 6.92 Å². The van der Waals surface area contributed by atoms with Gasteiger partial charge in [-0.25, -0.2) is 4.68 Å². The molecule has 1 fully saturated rings. The zero-order valence-electron chi connectivity index (χ0n) is 19.3. The van der Waals surface area contributed by atoms with Crippen LogP contribution in [0.2, 0.25) is 5.02 Å². The van der Waals surface area contributed by atoms with Crippen LogP contribution in [0.1, 0.15) is 30.1 Å². The molecule has 0 bridgehead atoms. The molecule has 2 aromatic carbocycles. The molecule has 0 N–H and O–H groups in total. The second-order valence-electron chi connectivity index (χ2n) is 9.00. The summed E-state index contributed by atoms with van der Waals surface area (Å²) in [5, 5.41) is 10.8. The van der Waals surface area contributed by atoms with E-state index in [2.05, 4.69) is 40.4 Å². The van der Waals surface area contributed by atoms with Crippen molar-refractivity contribution in [2.24, 2.45) is 0 Å². The van der Waals surface area contributed by atoms with E-state index in [-0.39, 0.29) is 11.6 Å². The van der Waals surface area contributed by atoms with Gasteiger partial charge >= 0.3 is 0 Å². The Morgan fingerprint density at radius 2 is 1.86 bits per heavy atom. The molecule has 0 saturated carbocycles. The van der Waals surface area contributed by atoms with Crippen LogP contribution in [0.4, 0.5) is 0 Å². The molecule has 4 heterocycles. The van der Waals surface area contributed by atoms with Gasteiger partial charge in [0.1, 0.15) is 5.69 Å². The van der Waals surface area contributed by atoms with E-state index in [1.54, 1.807) is 4.68 Å². The summed E-state index contributed by atoms with van der Waals surface area (Å²) in [6.45, 7) is 3.66. The molecule has 3 aliphatic heterocycles. The number of aromatic nitrogens is 5. The van der Waals surface area contributed by atoms with Crippen LogP contribution in [-0.2, 0) is 11.3 Å². The lowest BCUT2D eigenvalue weighted by Crippen LogP contribution is -2.29. The number of hydrogen-bond acceptors (Lipinski definition) is 5. The van der Waals surface area contributed by atoms with Crippen LogP contribution in [0.5, 0.6) is 0 Å². The van der Waals surface area contributed by atoms with E-state index in [0.29, 0.717) is 29.6 Å². The zero-order valence-corrected chi connectivity index (χ0v) is 20.1. The summed E-state index contributed by atoms with van der Waals surface area (Å²) < 4.78 is 8.95. The second-order valence-corrected chi connectivity index (χ2v) is 9.40. The Hall–Kier alpha value is -3.55. The van der Waals surface area contributed by atoms with E-state index in [1.165, 1.54) is 0 Å². The molecule has 1 saturated heterocycles. The summed E-state index contributed by atoms with van der Waals surface area (Å²) in [6, 6.07) is 18.0. The molecule has 8 heteroatoms. The third kappa shape index (κ3) is 4.00. The molecule has 1 aromatic heterocycles. The number of ether oxygens (including phenoxy) is 1. The highest BCUT2D eigenvalue weighted by molar-refractivity contribution is 6.35. The smallest absolute Gasteiger partial charge is 0.297 e. The largest absolute Gasteiger partial charge is 0.379 e. The van der Waals surface area contributed by atoms with E-state index in [4.69, 9.17) is 21.4 Å². The fourth-order valence-corrected chi connectivity index (χ4v) is 4.99. The lowest BCUT2D eigenvalue weighted by atomic mass is 10.1. The highest BCUT2D eigenvalue weighted by Gasteiger charge is 2.27. The van der Waals surface area contributed by atoms with Crippen molar-refractivity contribution < 1.29 is 4.74 Å². The van der Waals surface area contributed by atoms with Crippen LogP contribution in [0.25, 0.3) is 33.4 Å². The van der Waals surface area contributed by atoms with Crippen LogP contribution in [0.15, 0.2) is 65.6 Å². The Labute approximate surface area is 207 Å². The van der Waals surface area contributed by atoms with E-state index in [1.807, 2.05) is 42.1 Å². The van der Waals surface area contributed by atoms with Crippen molar-refractivity contribution in [3.05, 3.63) is 87.4 Å². The van der Waals surface area contributed by atoms with Crippen molar-refractivity contribution in [3.8, 4) is 22.5 Å². The van der Waals surface area contributed by atoms with Gasteiger partial charge in [-0.2, -0.15) is 10.2 Å². The number of benzene rings is 2. The fraction of sp³-hybridized carbons (Fsp3) is 0.259. The molecule has 3 aliphatic rings. The number of halogens is 1. The van der Waals surface area contributed by atoms with Gasteiger partial charge in [0.25, 0.3) is 5.56 Å². The van der Waals surface area contributed by atoms with Gasteiger partial charge in [-0.05, 0) is 43.0 Å². The van der Waals surface area contributed by atoms with Crippen LogP contribution in [0.3, 0.4) is 0 Å². The average molecular weight is 486 g/mol. The topological polar surface area (TPSA) is 74.8 Å². The van der Waals surface area contributed by atoms with E-state index in [9.17, 15) is 4.79 Å². The van der Waals surface area contributed by atoms with Gasteiger partial charge in [-0.3, -0.25) is 14.5 Å². The standard InChI is InChI=1S/C27H24ClN5O2/c1-17-7-10-20(14-29-17)19-11-8-18(9-12-19)15-32-26-22(5-2-6-23(26)28)24-25(30-32)27(34)33(31-24)21-4-3-13-35-16-21/h2,5-12,14,21H,3-4,13,15-16H2,1H3. The second kappa shape index (κ2) is 8.91. The molecule has 0 amide bonds. The summed E-state index contributed by atoms with van der Waals surface area (Å²) in [5.41, 5.74) is 5.71. The first-order chi connectivity index (χ1) is 17.1. The average Bonchev–Trinajstić information content (AvgIpc) is 3.22. The van der Waals surface area contributed by atoms with Gasteiger partial charge in [-0.1, -0.05) is 54.1 Å². The summed E-state index contributed by atoms with van der Waals surface area (Å²) >= 11 is 6.64. The van der Waals surface area contributed by atoms with Gasteiger partial charge in [0, 0.05) is 29.4 Å². The third-order valence-electron chi connectivity index (χ3n) is 6.58. The SMILES string of the molecule is Cc1ccc(-c2ccc(Cn3nc4c(=O)n(C5CCCOC5)nc-4c4cccc(Cl)c43)cc2)cn1. The molecule has 35 heavy (non-hydrogen) atoms. The molecule has 0 aliphatic carbocycles. The highest BCUT2D eigenvalue weighted by atomic mass is 35.5. The minimum absolute atomic E-state index is 0.0723. The Bertz CT molecular complexity index is 1530. The summed E-state index contributed by atoms with van der Waals surface area (Å²) in [4.78, 5) is 17.7. The number of pyridine rings is 1. The molecule has 6 rings (SSSR count). The monoisotopic (exact) mass is 485 g/mol. The Morgan fingerprint density at radius 3 is 2.60 bits per heavy atom. The molecule has 7 nitrogen and oxygen atoms in total. The van der Waals surface area contributed by atoms with Gasteiger partial charge in [0.05, 0.1) is 29.7 Å². The molecule has 1 unspecified atom stereocenters. The predicted molar refractivity (Wildman–Crippen MR) is 136 cm³/mol. The molecular weight excluding hydrogens is 462 g/mol. The number of fused-ring (bicyclic) bond motifs is 3. The van der Waals surface area contributed by atoms with Gasteiger partial charge in [-0.15, -0.1) is 0 Å². The maximum atomic E-state index is 13.3. The fourth-order valence-electron chi connectivity index (χ4n) is 4.71. The lowest BCUT2D eigenvalue weighted by molar-refractivity contribution is 0.0540. The van der Waals surface area contributed by atoms with Crippen molar-refractivity contribution in [1.29, 1.82) is 0 Å². The Morgan fingerprint density at radius 1 is 1.03 bits per heavy atom. The summed E-state index contributed by atoms with van der Waals surface area (Å²) in [5.74, 6) is 0. The van der Waals surface area contributed by atoms with Crippen molar-refractivity contribution in [1.82, 2.24) is 24.5 Å². The maximum Gasteiger partial charge on any atom is 0.297 e. The molecule has 1 atom stereocenters. The summed E-state index contributed by atoms with van der Waals surface area (Å²) in [7, 11) is 0. The molecule has 3 aromatic rings. The number of hydrogen-bond donors (Lipinski definition) is 0. The minimum atomic E-state index is -0.187. The minimum Gasteiger partial charge on any atom is -0.379 e. The van der Waals surface area contributed by atoms with Crippen molar-refractivity contribution in [2.45, 2.75) is 32.4 Å². The van der Waals surface area contributed by atoms with Gasteiger partial charge in [0.15, 0.2) is 5.69 Å². The molecule has 0 radical (unpaired) electrons. The molecule has 176 valence electrons. The number of aryl methyl sites for hydroxylation is 1. The van der Waals surface area contributed by atoms with Crippen molar-refractivity contribution in [3.63, 3.8) is 0 Å². The van der Waals surface area contributed by atoms with Gasteiger partial charge < -0.3 is 4.74 Å². The predicted octanol–water partition coefficient (Wildman–Crippen LogP) is 5.12. The molecular formula is C27H24ClN5O2. The Balaban J connectivity index is 1.42. The number of rotatable bonds is 4. The first kappa shape index (κ1) is 21.9. The van der Waals surface area contributed by atoms with Crippen LogP contribution >= 0.6 is 11.6 Å². The van der Waals surface area contributed by atoms with E-state index < -0.39 is 0 Å². The normalized spacial score (nSPS) is 16.2. The van der Waals surface area contributed by atoms with Crippen molar-refractivity contribution in [2.75, 3.05) is 13.2 Å². The van der Waals surface area contributed by atoms with Gasteiger partial charge in [0.2, 0.25) is 0 Å². The van der Waals surface area contributed by atoms with Crippen LogP contribution in [-0.4, -0.2) is 37.8 Å². The number of para-hydroxylation sites is 1. The highest BCUT2D eigenvalue weighted by Crippen LogP contribution is 2.32. The lowest BCUT2D eigenvalue weighted by Gasteiger charge is -2.21. The maximum absolute atomic E-state index is 13.3. The third-order valence-corrected chi connectivity index (χ3v) is 6.88. The first-order valence-electron chi connectivity index (χ1n) is 11.8. The quantitative estimate of drug-likeness (QED) is 0.353. The van der Waals surface area contributed by atoms with Crippen LogP contribution < -0.4 is 5.56 Å². The van der Waals surface area contributed by atoms with Crippen molar-refractivity contribution >= 4 is 22.5 Å². The first-order valence-corrected chi connectivity index (χ1v) is 12.1. The summed E-state index contributed by atoms with van der Waals surface area (Å²) in [6.07, 6.45) is 3.66. The van der Waals surface area contributed by atoms with E-state index in [0.717, 1.165) is 52.7 Å². The zero-order chi connectivity index (χ0) is 23.9. The van der Waals surface area contributed by atoms with E-state index >= 15 is 0 Å². The molecule has 0 spiro atoms. The number of nitrogens with zero attached hydrogens (tertiary/aromatic N) is 5.